The minimum Gasteiger partial charge on any atom is -0.423 e. The molecule has 3 nitrogen and oxygen atoms in total. The van der Waals surface area contributed by atoms with E-state index in [4.69, 9.17) is 0 Å². The third kappa shape index (κ3) is 4.09. The van der Waals surface area contributed by atoms with Crippen LogP contribution in [0.5, 0.6) is 0 Å². The van der Waals surface area contributed by atoms with E-state index in [0.717, 1.165) is 33.6 Å². The summed E-state index contributed by atoms with van der Waals surface area (Å²) in [5.74, 6) is 0. The molecule has 142 valence electrons. The van der Waals surface area contributed by atoms with Crippen LogP contribution in [0.2, 0.25) is 0 Å². The Kier molecular flexibility index (Phi) is 5.47. The zero-order valence-electron chi connectivity index (χ0n) is 16.2. The third-order valence-corrected chi connectivity index (χ3v) is 5.10. The molecule has 0 fully saturated rings. The molecule has 0 aliphatic heterocycles. The van der Waals surface area contributed by atoms with E-state index < -0.39 is 7.12 Å². The van der Waals surface area contributed by atoms with E-state index in [-0.39, 0.29) is 0 Å². The summed E-state index contributed by atoms with van der Waals surface area (Å²) < 4.78 is 0. The van der Waals surface area contributed by atoms with Gasteiger partial charge in [0, 0.05) is 24.0 Å². The first kappa shape index (κ1) is 19.0. The molecule has 0 heterocycles. The summed E-state index contributed by atoms with van der Waals surface area (Å²) >= 11 is 0. The number of nitrogens with zero attached hydrogens (tertiary/aromatic N) is 1. The van der Waals surface area contributed by atoms with Crippen LogP contribution >= 0.6 is 0 Å². The molecule has 4 aromatic rings. The average molecular weight is 379 g/mol. The van der Waals surface area contributed by atoms with E-state index in [1.54, 1.807) is 6.07 Å². The number of rotatable bonds is 5. The van der Waals surface area contributed by atoms with Crippen LogP contribution in [-0.2, 0) is 0 Å². The average Bonchev–Trinajstić information content (AvgIpc) is 2.79. The lowest BCUT2D eigenvalue weighted by Crippen LogP contribution is -2.29. The summed E-state index contributed by atoms with van der Waals surface area (Å²) in [5.41, 5.74) is 6.91. The molecule has 29 heavy (non-hydrogen) atoms. The van der Waals surface area contributed by atoms with Crippen molar-refractivity contribution in [3.63, 3.8) is 0 Å². The zero-order valence-corrected chi connectivity index (χ0v) is 16.2. The Morgan fingerprint density at radius 3 is 1.93 bits per heavy atom. The van der Waals surface area contributed by atoms with Gasteiger partial charge in [-0.3, -0.25) is 0 Å². The van der Waals surface area contributed by atoms with Crippen molar-refractivity contribution in [3.05, 3.63) is 103 Å². The highest BCUT2D eigenvalue weighted by molar-refractivity contribution is 6.58. The lowest BCUT2D eigenvalue weighted by atomic mass is 9.79. The first-order valence-corrected chi connectivity index (χ1v) is 9.58. The Morgan fingerprint density at radius 2 is 1.24 bits per heavy atom. The second-order valence-electron chi connectivity index (χ2n) is 6.99. The van der Waals surface area contributed by atoms with Gasteiger partial charge in [0.25, 0.3) is 0 Å². The molecule has 0 aliphatic rings. The molecule has 0 aliphatic carbocycles. The summed E-state index contributed by atoms with van der Waals surface area (Å²) in [5, 5.41) is 19.0. The van der Waals surface area contributed by atoms with Crippen molar-refractivity contribution >= 4 is 24.0 Å². The molecule has 0 bridgehead atoms. The lowest BCUT2D eigenvalue weighted by Gasteiger charge is -2.24. The number of para-hydroxylation sites is 1. The molecule has 2 N–H and O–H groups in total. The van der Waals surface area contributed by atoms with Crippen molar-refractivity contribution in [1.82, 2.24) is 0 Å². The van der Waals surface area contributed by atoms with E-state index in [2.05, 4.69) is 54.4 Å². The standard InChI is InChI=1S/C25H22BNO2/c1-27(23-13-6-3-7-14-23)25-16-15-21(18-24(25)19-9-4-2-5-10-19)20-11-8-12-22(17-20)26(28)29/h2-18,28-29H,1H3. The molecular weight excluding hydrogens is 357 g/mol. The minimum absolute atomic E-state index is 0.481. The maximum atomic E-state index is 9.52. The van der Waals surface area contributed by atoms with Crippen LogP contribution in [0.1, 0.15) is 0 Å². The highest BCUT2D eigenvalue weighted by Crippen LogP contribution is 2.37. The summed E-state index contributed by atoms with van der Waals surface area (Å²) in [6, 6.07) is 34.3. The molecule has 0 amide bonds. The predicted molar refractivity (Wildman–Crippen MR) is 122 cm³/mol. The Bertz CT molecular complexity index is 1100. The van der Waals surface area contributed by atoms with Gasteiger partial charge in [0.2, 0.25) is 0 Å². The van der Waals surface area contributed by atoms with Crippen LogP contribution in [0, 0.1) is 0 Å². The van der Waals surface area contributed by atoms with Crippen molar-refractivity contribution in [2.45, 2.75) is 0 Å². The van der Waals surface area contributed by atoms with Crippen LogP contribution in [-0.4, -0.2) is 24.2 Å². The Morgan fingerprint density at radius 1 is 0.621 bits per heavy atom. The topological polar surface area (TPSA) is 43.7 Å². The van der Waals surface area contributed by atoms with Crippen LogP contribution < -0.4 is 10.4 Å². The molecule has 0 unspecified atom stereocenters. The van der Waals surface area contributed by atoms with E-state index >= 15 is 0 Å². The normalized spacial score (nSPS) is 10.6. The Hall–Kier alpha value is -3.34. The fourth-order valence-corrected chi connectivity index (χ4v) is 3.53. The third-order valence-electron chi connectivity index (χ3n) is 5.10. The van der Waals surface area contributed by atoms with E-state index in [0.29, 0.717) is 5.46 Å². The van der Waals surface area contributed by atoms with Crippen molar-refractivity contribution in [2.24, 2.45) is 0 Å². The summed E-state index contributed by atoms with van der Waals surface area (Å²) in [6.07, 6.45) is 0. The maximum absolute atomic E-state index is 9.52. The summed E-state index contributed by atoms with van der Waals surface area (Å²) in [4.78, 5) is 2.18. The van der Waals surface area contributed by atoms with Crippen LogP contribution in [0.25, 0.3) is 22.3 Å². The fourth-order valence-electron chi connectivity index (χ4n) is 3.53. The highest BCUT2D eigenvalue weighted by Gasteiger charge is 2.15. The van der Waals surface area contributed by atoms with Crippen molar-refractivity contribution in [1.29, 1.82) is 0 Å². The Labute approximate surface area is 171 Å². The predicted octanol–water partition coefficient (Wildman–Crippen LogP) is 4.47. The number of hydrogen-bond donors (Lipinski definition) is 2. The minimum atomic E-state index is -1.48. The molecule has 0 aromatic heterocycles. The second-order valence-corrected chi connectivity index (χ2v) is 6.99. The summed E-state index contributed by atoms with van der Waals surface area (Å²) in [6.45, 7) is 0. The lowest BCUT2D eigenvalue weighted by molar-refractivity contribution is 0.426. The van der Waals surface area contributed by atoms with Crippen molar-refractivity contribution in [3.8, 4) is 22.3 Å². The van der Waals surface area contributed by atoms with E-state index in [1.807, 2.05) is 54.6 Å². The van der Waals surface area contributed by atoms with Gasteiger partial charge < -0.3 is 14.9 Å². The van der Waals surface area contributed by atoms with Crippen LogP contribution in [0.4, 0.5) is 11.4 Å². The first-order valence-electron chi connectivity index (χ1n) is 9.58. The maximum Gasteiger partial charge on any atom is 0.488 e. The summed E-state index contributed by atoms with van der Waals surface area (Å²) in [7, 11) is 0.589. The van der Waals surface area contributed by atoms with Gasteiger partial charge in [-0.1, -0.05) is 78.9 Å². The number of anilines is 2. The van der Waals surface area contributed by atoms with Crippen LogP contribution in [0.3, 0.4) is 0 Å². The van der Waals surface area contributed by atoms with Gasteiger partial charge in [0.1, 0.15) is 0 Å². The van der Waals surface area contributed by atoms with Gasteiger partial charge in [-0.05, 0) is 46.4 Å². The molecule has 0 spiro atoms. The molecular formula is C25H22BNO2. The second kappa shape index (κ2) is 8.35. The zero-order chi connectivity index (χ0) is 20.2. The molecule has 0 radical (unpaired) electrons. The van der Waals surface area contributed by atoms with E-state index in [1.165, 1.54) is 0 Å². The quantitative estimate of drug-likeness (QED) is 0.503. The molecule has 4 heteroatoms. The molecule has 0 atom stereocenters. The monoisotopic (exact) mass is 379 g/mol. The van der Waals surface area contributed by atoms with E-state index in [9.17, 15) is 10.0 Å². The van der Waals surface area contributed by atoms with Gasteiger partial charge in [-0.2, -0.15) is 0 Å². The highest BCUT2D eigenvalue weighted by atomic mass is 16.4. The largest absolute Gasteiger partial charge is 0.488 e. The van der Waals surface area contributed by atoms with Gasteiger partial charge in [0.15, 0.2) is 0 Å². The SMILES string of the molecule is CN(c1ccccc1)c1ccc(-c2cccc(B(O)O)c2)cc1-c1ccccc1. The van der Waals surface area contributed by atoms with Gasteiger partial charge in [0.05, 0.1) is 0 Å². The molecule has 0 saturated heterocycles. The van der Waals surface area contributed by atoms with Crippen LogP contribution in [0.15, 0.2) is 103 Å². The molecule has 0 saturated carbocycles. The van der Waals surface area contributed by atoms with Crippen molar-refractivity contribution in [2.75, 3.05) is 11.9 Å². The number of benzene rings is 4. The van der Waals surface area contributed by atoms with Gasteiger partial charge >= 0.3 is 7.12 Å². The first-order chi connectivity index (χ1) is 14.1. The number of hydrogen-bond acceptors (Lipinski definition) is 3. The Balaban J connectivity index is 1.84. The van der Waals surface area contributed by atoms with Gasteiger partial charge in [-0.25, -0.2) is 0 Å². The smallest absolute Gasteiger partial charge is 0.423 e. The molecule has 4 aromatic carbocycles. The molecule has 4 rings (SSSR count). The van der Waals surface area contributed by atoms with Crippen molar-refractivity contribution < 1.29 is 10.0 Å². The fraction of sp³-hybridized carbons (Fsp3) is 0.0400. The van der Waals surface area contributed by atoms with Gasteiger partial charge in [-0.15, -0.1) is 0 Å².